The molecule has 0 bridgehead atoms. The summed E-state index contributed by atoms with van der Waals surface area (Å²) in [5, 5.41) is 0.955. The molecule has 0 fully saturated rings. The summed E-state index contributed by atoms with van der Waals surface area (Å²) < 4.78 is 18.5. The molecule has 0 aliphatic rings. The highest BCUT2D eigenvalue weighted by Gasteiger charge is 2.03. The van der Waals surface area contributed by atoms with Crippen molar-refractivity contribution in [3.8, 4) is 5.75 Å². The van der Waals surface area contributed by atoms with E-state index < -0.39 is 5.82 Å². The Hall–Kier alpha value is -1.75. The molecule has 0 saturated carbocycles. The van der Waals surface area contributed by atoms with Crippen LogP contribution in [-0.2, 0) is 6.61 Å². The lowest BCUT2D eigenvalue weighted by atomic mass is 10.2. The van der Waals surface area contributed by atoms with Crippen LogP contribution in [0.15, 0.2) is 24.4 Å². The molecule has 0 atom stereocenters. The highest BCUT2D eigenvalue weighted by Crippen LogP contribution is 2.19. The minimum Gasteiger partial charge on any atom is -0.488 e. The van der Waals surface area contributed by atoms with Gasteiger partial charge in [-0.2, -0.15) is 0 Å². The van der Waals surface area contributed by atoms with E-state index in [9.17, 15) is 9.18 Å². The van der Waals surface area contributed by atoms with Crippen molar-refractivity contribution in [3.63, 3.8) is 0 Å². The van der Waals surface area contributed by atoms with Gasteiger partial charge in [0.15, 0.2) is 0 Å². The fourth-order valence-electron chi connectivity index (χ4n) is 1.36. The number of rotatable bonds is 4. The second-order valence-electron chi connectivity index (χ2n) is 3.47. The van der Waals surface area contributed by atoms with Crippen LogP contribution in [0.1, 0.15) is 20.2 Å². The van der Waals surface area contributed by atoms with Gasteiger partial charge in [-0.3, -0.25) is 4.79 Å². The number of benzene rings is 1. The van der Waals surface area contributed by atoms with Crippen LogP contribution in [0.5, 0.6) is 5.75 Å². The molecule has 1 aromatic heterocycles. The molecule has 17 heavy (non-hydrogen) atoms. The lowest BCUT2D eigenvalue weighted by Crippen LogP contribution is -1.95. The van der Waals surface area contributed by atoms with Crippen molar-refractivity contribution >= 4 is 17.6 Å². The molecule has 0 unspecified atom stereocenters. The van der Waals surface area contributed by atoms with E-state index in [0.717, 1.165) is 16.0 Å². The van der Waals surface area contributed by atoms with E-state index in [0.29, 0.717) is 18.6 Å². The second kappa shape index (κ2) is 5.05. The third-order valence-electron chi connectivity index (χ3n) is 2.08. The standard InChI is InChI=1S/C12H10FNO2S/c1-8-14-5-12(17-8)7-16-11-3-9(6-15)2-10(13)4-11/h2-6H,7H2,1H3. The highest BCUT2D eigenvalue weighted by atomic mass is 32.1. The minimum absolute atomic E-state index is 0.264. The molecule has 5 heteroatoms. The first kappa shape index (κ1) is 11.7. The largest absolute Gasteiger partial charge is 0.488 e. The first-order valence-electron chi connectivity index (χ1n) is 4.97. The molecule has 3 nitrogen and oxygen atoms in total. The van der Waals surface area contributed by atoms with Crippen LogP contribution in [0, 0.1) is 12.7 Å². The van der Waals surface area contributed by atoms with Crippen LogP contribution in [0.4, 0.5) is 4.39 Å². The van der Waals surface area contributed by atoms with Gasteiger partial charge in [-0.25, -0.2) is 9.37 Å². The lowest BCUT2D eigenvalue weighted by molar-refractivity contribution is 0.112. The molecular formula is C12H10FNO2S. The van der Waals surface area contributed by atoms with Crippen LogP contribution >= 0.6 is 11.3 Å². The Morgan fingerprint density at radius 1 is 1.47 bits per heavy atom. The predicted molar refractivity (Wildman–Crippen MR) is 63.0 cm³/mol. The van der Waals surface area contributed by atoms with Gasteiger partial charge in [0.1, 0.15) is 24.5 Å². The number of nitrogens with zero attached hydrogens (tertiary/aromatic N) is 1. The van der Waals surface area contributed by atoms with Crippen molar-refractivity contribution in [3.05, 3.63) is 45.7 Å². The Bertz CT molecular complexity index is 539. The van der Waals surface area contributed by atoms with E-state index in [1.165, 1.54) is 23.5 Å². The topological polar surface area (TPSA) is 39.2 Å². The van der Waals surface area contributed by atoms with E-state index >= 15 is 0 Å². The molecule has 0 saturated heterocycles. The summed E-state index contributed by atoms with van der Waals surface area (Å²) in [5.41, 5.74) is 0.264. The lowest BCUT2D eigenvalue weighted by Gasteiger charge is -2.05. The van der Waals surface area contributed by atoms with Crippen molar-refractivity contribution in [2.45, 2.75) is 13.5 Å². The Balaban J connectivity index is 2.08. The maximum absolute atomic E-state index is 13.1. The number of aromatic nitrogens is 1. The molecule has 0 aliphatic carbocycles. The van der Waals surface area contributed by atoms with Crippen LogP contribution in [-0.4, -0.2) is 11.3 Å². The number of aldehydes is 1. The van der Waals surface area contributed by atoms with Gasteiger partial charge >= 0.3 is 0 Å². The van der Waals surface area contributed by atoms with Crippen molar-refractivity contribution in [2.24, 2.45) is 0 Å². The van der Waals surface area contributed by atoms with Crippen LogP contribution in [0.25, 0.3) is 0 Å². The Morgan fingerprint density at radius 2 is 2.29 bits per heavy atom. The van der Waals surface area contributed by atoms with Crippen LogP contribution in [0.3, 0.4) is 0 Å². The summed E-state index contributed by atoms with van der Waals surface area (Å²) in [6.07, 6.45) is 2.31. The maximum atomic E-state index is 13.1. The third-order valence-corrected chi connectivity index (χ3v) is 2.97. The fraction of sp³-hybridized carbons (Fsp3) is 0.167. The molecule has 0 amide bonds. The average molecular weight is 251 g/mol. The Labute approximate surface area is 102 Å². The number of halogens is 1. The Kier molecular flexibility index (Phi) is 3.49. The second-order valence-corrected chi connectivity index (χ2v) is 4.79. The highest BCUT2D eigenvalue weighted by molar-refractivity contribution is 7.11. The zero-order valence-electron chi connectivity index (χ0n) is 9.14. The summed E-state index contributed by atoms with van der Waals surface area (Å²) in [6.45, 7) is 2.23. The summed E-state index contributed by atoms with van der Waals surface area (Å²) in [5.74, 6) is -0.136. The number of carbonyl (C=O) groups is 1. The minimum atomic E-state index is -0.481. The van der Waals surface area contributed by atoms with Crippen molar-refractivity contribution in [1.29, 1.82) is 0 Å². The van der Waals surface area contributed by atoms with Gasteiger partial charge in [0.2, 0.25) is 0 Å². The molecule has 0 N–H and O–H groups in total. The first-order chi connectivity index (χ1) is 8.17. The third kappa shape index (κ3) is 3.10. The molecule has 1 aromatic carbocycles. The smallest absolute Gasteiger partial charge is 0.150 e. The predicted octanol–water partition coefficient (Wildman–Crippen LogP) is 2.98. The van der Waals surface area contributed by atoms with Gasteiger partial charge in [-0.05, 0) is 19.1 Å². The number of hydrogen-bond acceptors (Lipinski definition) is 4. The van der Waals surface area contributed by atoms with Gasteiger partial charge in [0.25, 0.3) is 0 Å². The summed E-state index contributed by atoms with van der Waals surface area (Å²) in [6, 6.07) is 3.92. The average Bonchev–Trinajstić information content (AvgIpc) is 2.72. The summed E-state index contributed by atoms with van der Waals surface area (Å²) in [4.78, 5) is 15.6. The van der Waals surface area contributed by atoms with Crippen molar-refractivity contribution in [1.82, 2.24) is 4.98 Å². The van der Waals surface area contributed by atoms with E-state index in [1.54, 1.807) is 6.20 Å². The van der Waals surface area contributed by atoms with Crippen molar-refractivity contribution in [2.75, 3.05) is 0 Å². The first-order valence-corrected chi connectivity index (χ1v) is 5.79. The molecule has 2 rings (SSSR count). The zero-order chi connectivity index (χ0) is 12.3. The van der Waals surface area contributed by atoms with Gasteiger partial charge in [-0.1, -0.05) is 0 Å². The number of thiazole rings is 1. The van der Waals surface area contributed by atoms with E-state index in [1.807, 2.05) is 6.92 Å². The molecule has 1 heterocycles. The molecule has 2 aromatic rings. The quantitative estimate of drug-likeness (QED) is 0.784. The number of aryl methyl sites for hydroxylation is 1. The van der Waals surface area contributed by atoms with Gasteiger partial charge in [0.05, 0.1) is 9.88 Å². The molecular weight excluding hydrogens is 241 g/mol. The molecule has 0 aliphatic heterocycles. The van der Waals surface area contributed by atoms with Crippen LogP contribution in [0.2, 0.25) is 0 Å². The maximum Gasteiger partial charge on any atom is 0.150 e. The molecule has 0 radical (unpaired) electrons. The van der Waals surface area contributed by atoms with E-state index in [2.05, 4.69) is 4.98 Å². The van der Waals surface area contributed by atoms with E-state index in [4.69, 9.17) is 4.74 Å². The van der Waals surface area contributed by atoms with Crippen LogP contribution < -0.4 is 4.74 Å². The summed E-state index contributed by atoms with van der Waals surface area (Å²) >= 11 is 1.52. The van der Waals surface area contributed by atoms with Gasteiger partial charge in [-0.15, -0.1) is 11.3 Å². The Morgan fingerprint density at radius 3 is 2.94 bits per heavy atom. The summed E-state index contributed by atoms with van der Waals surface area (Å²) in [7, 11) is 0. The monoisotopic (exact) mass is 251 g/mol. The molecule has 88 valence electrons. The normalized spacial score (nSPS) is 10.2. The van der Waals surface area contributed by atoms with Crippen molar-refractivity contribution < 1.29 is 13.9 Å². The number of hydrogen-bond donors (Lipinski definition) is 0. The zero-order valence-corrected chi connectivity index (χ0v) is 9.96. The van der Waals surface area contributed by atoms with Gasteiger partial charge < -0.3 is 4.74 Å². The SMILES string of the molecule is Cc1ncc(COc2cc(F)cc(C=O)c2)s1. The van der Waals surface area contributed by atoms with Gasteiger partial charge in [0, 0.05) is 17.8 Å². The number of carbonyl (C=O) groups excluding carboxylic acids is 1. The number of ether oxygens (including phenoxy) is 1. The fourth-order valence-corrected chi connectivity index (χ4v) is 2.07. The van der Waals surface area contributed by atoms with E-state index in [-0.39, 0.29) is 5.56 Å². The molecule has 0 spiro atoms.